The Bertz CT molecular complexity index is 1510. The lowest BCUT2D eigenvalue weighted by atomic mass is 9.94. The number of aromatic nitrogens is 4. The highest BCUT2D eigenvalue weighted by molar-refractivity contribution is 6.11. The van der Waals surface area contributed by atoms with Gasteiger partial charge in [-0.25, -0.2) is 18.2 Å². The van der Waals surface area contributed by atoms with E-state index in [-0.39, 0.29) is 30.4 Å². The number of benzene rings is 2. The van der Waals surface area contributed by atoms with Gasteiger partial charge in [-0.3, -0.25) is 14.4 Å². The van der Waals surface area contributed by atoms with Crippen molar-refractivity contribution in [3.05, 3.63) is 71.1 Å². The number of aryl methyl sites for hydroxylation is 1. The number of nitrogens with one attached hydrogen (secondary N) is 1. The van der Waals surface area contributed by atoms with E-state index in [9.17, 15) is 13.6 Å². The lowest BCUT2D eigenvalue weighted by Crippen LogP contribution is -2.31. The van der Waals surface area contributed by atoms with Crippen molar-refractivity contribution >= 4 is 28.3 Å². The Labute approximate surface area is 219 Å². The highest BCUT2D eigenvalue weighted by Crippen LogP contribution is 2.46. The second-order valence-electron chi connectivity index (χ2n) is 9.84. The lowest BCUT2D eigenvalue weighted by molar-refractivity contribution is 0.0257. The Balaban J connectivity index is 0.00000144. The summed E-state index contributed by atoms with van der Waals surface area (Å²) in [7, 11) is 1.78. The highest BCUT2D eigenvalue weighted by atomic mass is 19.3. The first-order valence-electron chi connectivity index (χ1n) is 12.9. The molecular formula is C28H31F3N6O. The molecule has 0 spiro atoms. The standard InChI is InChI=1S/C26H25F3N6O.C2H6/c1-14(2)23-21-22(32-33(23)3)25(36)35(16-5-7-19-20(11-16)31-13-30-19)24(21)17-6-4-15(10-18(17)27)34-9-8-26(28,29)12-34;1-2/h4-7,10-11,13-14,24H,8-9,12H2,1-3H3,(H,30,31);1-2H3. The van der Waals surface area contributed by atoms with Crippen LogP contribution in [0.2, 0.25) is 0 Å². The fourth-order valence-corrected chi connectivity index (χ4v) is 5.55. The molecule has 2 aromatic carbocycles. The molecule has 1 fully saturated rings. The molecule has 1 N–H and O–H groups in total. The number of hydrogen-bond donors (Lipinski definition) is 1. The van der Waals surface area contributed by atoms with E-state index in [1.54, 1.807) is 47.2 Å². The third-order valence-corrected chi connectivity index (χ3v) is 7.13. The van der Waals surface area contributed by atoms with Crippen LogP contribution in [0.15, 0.2) is 42.7 Å². The van der Waals surface area contributed by atoms with Gasteiger partial charge < -0.3 is 9.88 Å². The van der Waals surface area contributed by atoms with Gasteiger partial charge in [-0.05, 0) is 36.2 Å². The largest absolute Gasteiger partial charge is 0.365 e. The minimum atomic E-state index is -2.79. The number of nitrogens with zero attached hydrogens (tertiary/aromatic N) is 5. The van der Waals surface area contributed by atoms with Crippen molar-refractivity contribution in [2.24, 2.45) is 7.05 Å². The topological polar surface area (TPSA) is 70.0 Å². The third-order valence-electron chi connectivity index (χ3n) is 7.13. The number of hydrogen-bond acceptors (Lipinski definition) is 4. The Morgan fingerprint density at radius 3 is 2.50 bits per heavy atom. The number of carbonyl (C=O) groups excluding carboxylic acids is 1. The average Bonchev–Trinajstić information content (AvgIpc) is 3.63. The van der Waals surface area contributed by atoms with Crippen LogP contribution in [-0.2, 0) is 7.05 Å². The summed E-state index contributed by atoms with van der Waals surface area (Å²) in [5, 5.41) is 4.51. The maximum Gasteiger partial charge on any atom is 0.280 e. The van der Waals surface area contributed by atoms with Crippen LogP contribution in [0.5, 0.6) is 0 Å². The zero-order chi connectivity index (χ0) is 27.4. The molecule has 2 aromatic heterocycles. The van der Waals surface area contributed by atoms with Gasteiger partial charge >= 0.3 is 0 Å². The summed E-state index contributed by atoms with van der Waals surface area (Å²) < 4.78 is 45.0. The smallest absolute Gasteiger partial charge is 0.280 e. The summed E-state index contributed by atoms with van der Waals surface area (Å²) in [6, 6.07) is 9.20. The molecule has 1 atom stereocenters. The molecule has 200 valence electrons. The van der Waals surface area contributed by atoms with Crippen molar-refractivity contribution in [1.82, 2.24) is 19.7 Å². The molecule has 1 amide bonds. The maximum atomic E-state index is 15.8. The Kier molecular flexibility index (Phi) is 6.44. The molecule has 0 aliphatic carbocycles. The van der Waals surface area contributed by atoms with Crippen molar-refractivity contribution in [2.45, 2.75) is 52.0 Å². The molecule has 0 bridgehead atoms. The summed E-state index contributed by atoms with van der Waals surface area (Å²) in [5.41, 5.74) is 4.57. The van der Waals surface area contributed by atoms with E-state index in [1.165, 1.54) is 11.0 Å². The number of aromatic amines is 1. The van der Waals surface area contributed by atoms with Crippen molar-refractivity contribution < 1.29 is 18.0 Å². The molecule has 1 unspecified atom stereocenters. The number of carbonyl (C=O) groups is 1. The van der Waals surface area contributed by atoms with E-state index >= 15 is 4.39 Å². The van der Waals surface area contributed by atoms with E-state index in [0.717, 1.165) is 16.7 Å². The van der Waals surface area contributed by atoms with Crippen LogP contribution >= 0.6 is 0 Å². The van der Waals surface area contributed by atoms with Gasteiger partial charge in [0.25, 0.3) is 11.8 Å². The quantitative estimate of drug-likeness (QED) is 0.346. The lowest BCUT2D eigenvalue weighted by Gasteiger charge is -2.28. The van der Waals surface area contributed by atoms with Gasteiger partial charge in [0.15, 0.2) is 5.69 Å². The number of alkyl halides is 2. The molecule has 0 radical (unpaired) electrons. The van der Waals surface area contributed by atoms with Crippen molar-refractivity contribution in [3.8, 4) is 0 Å². The van der Waals surface area contributed by atoms with Crippen molar-refractivity contribution in [2.75, 3.05) is 22.9 Å². The fraction of sp³-hybridized carbons (Fsp3) is 0.393. The molecule has 2 aliphatic heterocycles. The normalized spacial score (nSPS) is 18.3. The summed E-state index contributed by atoms with van der Waals surface area (Å²) in [5.74, 6) is -3.63. The molecule has 6 rings (SSSR count). The van der Waals surface area contributed by atoms with Gasteiger partial charge in [0.2, 0.25) is 0 Å². The molecule has 1 saturated heterocycles. The number of anilines is 2. The predicted octanol–water partition coefficient (Wildman–Crippen LogP) is 6.18. The van der Waals surface area contributed by atoms with Gasteiger partial charge in [-0.15, -0.1) is 0 Å². The first-order valence-corrected chi connectivity index (χ1v) is 12.9. The van der Waals surface area contributed by atoms with Crippen LogP contribution < -0.4 is 9.80 Å². The first kappa shape index (κ1) is 25.8. The Morgan fingerprint density at radius 1 is 1.11 bits per heavy atom. The third kappa shape index (κ3) is 4.12. The number of rotatable bonds is 4. The number of H-pyrrole nitrogens is 1. The fourth-order valence-electron chi connectivity index (χ4n) is 5.55. The summed E-state index contributed by atoms with van der Waals surface area (Å²) in [6.07, 6.45) is 1.32. The molecule has 4 heterocycles. The van der Waals surface area contributed by atoms with Crippen LogP contribution in [0.1, 0.15) is 73.4 Å². The van der Waals surface area contributed by atoms with Crippen molar-refractivity contribution in [1.29, 1.82) is 0 Å². The van der Waals surface area contributed by atoms with Gasteiger partial charge in [0, 0.05) is 48.2 Å². The second-order valence-corrected chi connectivity index (χ2v) is 9.84. The molecular weight excluding hydrogens is 493 g/mol. The molecule has 7 nitrogen and oxygen atoms in total. The van der Waals surface area contributed by atoms with E-state index in [0.29, 0.717) is 22.6 Å². The van der Waals surface area contributed by atoms with E-state index in [2.05, 4.69) is 15.1 Å². The Hall–Kier alpha value is -3.82. The van der Waals surface area contributed by atoms with Gasteiger partial charge in [0.05, 0.1) is 29.9 Å². The van der Waals surface area contributed by atoms with Crippen LogP contribution in [0.25, 0.3) is 11.0 Å². The summed E-state index contributed by atoms with van der Waals surface area (Å²) in [6.45, 7) is 7.73. The molecule has 10 heteroatoms. The van der Waals surface area contributed by atoms with Gasteiger partial charge in [0.1, 0.15) is 5.82 Å². The number of imidazole rings is 1. The zero-order valence-electron chi connectivity index (χ0n) is 22.1. The number of amides is 1. The first-order chi connectivity index (χ1) is 18.1. The predicted molar refractivity (Wildman–Crippen MR) is 142 cm³/mol. The monoisotopic (exact) mass is 524 g/mol. The van der Waals surface area contributed by atoms with E-state index in [1.807, 2.05) is 33.8 Å². The van der Waals surface area contributed by atoms with E-state index in [4.69, 9.17) is 0 Å². The van der Waals surface area contributed by atoms with Crippen LogP contribution in [0, 0.1) is 5.82 Å². The molecule has 4 aromatic rings. The van der Waals surface area contributed by atoms with Crippen LogP contribution in [-0.4, -0.2) is 44.7 Å². The van der Waals surface area contributed by atoms with Crippen molar-refractivity contribution in [3.63, 3.8) is 0 Å². The second kappa shape index (κ2) is 9.49. The molecule has 2 aliphatic rings. The minimum absolute atomic E-state index is 0.0331. The Morgan fingerprint density at radius 2 is 1.84 bits per heavy atom. The zero-order valence-corrected chi connectivity index (χ0v) is 22.1. The van der Waals surface area contributed by atoms with Gasteiger partial charge in [-0.1, -0.05) is 33.8 Å². The highest BCUT2D eigenvalue weighted by Gasteiger charge is 2.45. The molecule has 0 saturated carbocycles. The minimum Gasteiger partial charge on any atom is -0.365 e. The number of halogens is 3. The van der Waals surface area contributed by atoms with E-state index < -0.39 is 24.3 Å². The van der Waals surface area contributed by atoms with Crippen LogP contribution in [0.3, 0.4) is 0 Å². The maximum absolute atomic E-state index is 15.8. The number of fused-ring (bicyclic) bond motifs is 2. The average molecular weight is 525 g/mol. The molecule has 38 heavy (non-hydrogen) atoms. The summed E-state index contributed by atoms with van der Waals surface area (Å²) >= 11 is 0. The van der Waals surface area contributed by atoms with Gasteiger partial charge in [-0.2, -0.15) is 5.10 Å². The summed E-state index contributed by atoms with van der Waals surface area (Å²) in [4.78, 5) is 24.1. The van der Waals surface area contributed by atoms with Crippen LogP contribution in [0.4, 0.5) is 24.5 Å². The SMILES string of the molecule is CC.CC(C)c1c2c(nn1C)C(=O)N(c1ccc3nc[nH]c3c1)C2c1ccc(N2CCC(F)(F)C2)cc1F.